The molecule has 0 aliphatic carbocycles. The number of carbonyl (C=O) groups is 2. The molecule has 128 valence electrons. The molecule has 0 aliphatic heterocycles. The quantitative estimate of drug-likeness (QED) is 0.877. The van der Waals surface area contributed by atoms with Crippen molar-refractivity contribution in [3.63, 3.8) is 0 Å². The Hall–Kier alpha value is -2.54. The Kier molecular flexibility index (Phi) is 4.84. The zero-order chi connectivity index (χ0) is 18.1. The number of benzene rings is 1. The van der Waals surface area contributed by atoms with Crippen molar-refractivity contribution in [1.29, 1.82) is 0 Å². The molecule has 1 aromatic carbocycles. The van der Waals surface area contributed by atoms with E-state index in [0.717, 1.165) is 0 Å². The molecule has 0 atom stereocenters. The van der Waals surface area contributed by atoms with Crippen LogP contribution in [-0.4, -0.2) is 32.6 Å². The van der Waals surface area contributed by atoms with Crippen molar-refractivity contribution in [2.45, 2.75) is 26.4 Å². The van der Waals surface area contributed by atoms with Crippen LogP contribution >= 0.6 is 11.6 Å². The number of hydrogen-bond acceptors (Lipinski definition) is 4. The van der Waals surface area contributed by atoms with E-state index in [1.54, 1.807) is 46.0 Å². The van der Waals surface area contributed by atoms with Crippen LogP contribution < -0.4 is 5.32 Å². The molecule has 0 spiro atoms. The van der Waals surface area contributed by atoms with Crippen LogP contribution in [0.5, 0.6) is 0 Å². The summed E-state index contributed by atoms with van der Waals surface area (Å²) in [6.07, 6.45) is -0.627. The number of aryl methyl sites for hydroxylation is 1. The first-order chi connectivity index (χ1) is 11.1. The Morgan fingerprint density at radius 1 is 1.29 bits per heavy atom. The summed E-state index contributed by atoms with van der Waals surface area (Å²) in [5.41, 5.74) is 0.905. The van der Waals surface area contributed by atoms with Gasteiger partial charge in [-0.25, -0.2) is 9.59 Å². The molecule has 0 fully saturated rings. The lowest BCUT2D eigenvalue weighted by Gasteiger charge is -2.20. The van der Waals surface area contributed by atoms with Crippen LogP contribution in [0.3, 0.4) is 0 Å². The number of anilines is 1. The number of halogens is 1. The molecule has 2 rings (SSSR count). The number of amides is 1. The summed E-state index contributed by atoms with van der Waals surface area (Å²) >= 11 is 6.11. The van der Waals surface area contributed by atoms with E-state index in [1.165, 1.54) is 10.7 Å². The standard InChI is InChI=1S/C16H18ClN3O4/c1-16(2,3)24-15(23)18-11-7-9(5-6-10(11)17)13-8-12(14(21)22)19-20(13)4/h5-8H,1-4H3,(H,18,23)(H,21,22). The minimum Gasteiger partial charge on any atom is -0.476 e. The van der Waals surface area contributed by atoms with Crippen molar-refractivity contribution < 1.29 is 19.4 Å². The number of nitrogens with one attached hydrogen (secondary N) is 1. The van der Waals surface area contributed by atoms with E-state index < -0.39 is 17.7 Å². The van der Waals surface area contributed by atoms with Gasteiger partial charge in [0.15, 0.2) is 5.69 Å². The Labute approximate surface area is 144 Å². The number of carbonyl (C=O) groups excluding carboxylic acids is 1. The number of carboxylic acid groups (broad SMARTS) is 1. The van der Waals surface area contributed by atoms with Gasteiger partial charge in [-0.05, 0) is 39.0 Å². The number of aromatic carboxylic acids is 1. The van der Waals surface area contributed by atoms with Crippen LogP contribution in [0.1, 0.15) is 31.3 Å². The van der Waals surface area contributed by atoms with Gasteiger partial charge in [0.05, 0.1) is 16.4 Å². The minimum atomic E-state index is -1.11. The molecule has 8 heteroatoms. The monoisotopic (exact) mass is 351 g/mol. The van der Waals surface area contributed by atoms with Crippen LogP contribution in [-0.2, 0) is 11.8 Å². The van der Waals surface area contributed by atoms with Crippen molar-refractivity contribution in [3.8, 4) is 11.3 Å². The summed E-state index contributed by atoms with van der Waals surface area (Å²) in [4.78, 5) is 22.9. The van der Waals surface area contributed by atoms with Crippen molar-refractivity contribution >= 4 is 29.4 Å². The van der Waals surface area contributed by atoms with Gasteiger partial charge in [-0.2, -0.15) is 5.10 Å². The third kappa shape index (κ3) is 4.26. The summed E-state index contributed by atoms with van der Waals surface area (Å²) in [6, 6.07) is 6.40. The first-order valence-corrected chi connectivity index (χ1v) is 7.52. The molecule has 1 heterocycles. The second-order valence-corrected chi connectivity index (χ2v) is 6.57. The average Bonchev–Trinajstić information content (AvgIpc) is 2.81. The van der Waals surface area contributed by atoms with Crippen molar-refractivity contribution in [3.05, 3.63) is 35.0 Å². The smallest absolute Gasteiger partial charge is 0.412 e. The topological polar surface area (TPSA) is 93.5 Å². The van der Waals surface area contributed by atoms with E-state index in [9.17, 15) is 9.59 Å². The van der Waals surface area contributed by atoms with Crippen molar-refractivity contribution in [2.75, 3.05) is 5.32 Å². The van der Waals surface area contributed by atoms with Gasteiger partial charge >= 0.3 is 12.1 Å². The first kappa shape index (κ1) is 17.8. The van der Waals surface area contributed by atoms with Gasteiger partial charge in [0.2, 0.25) is 0 Å². The third-order valence-corrected chi connectivity index (χ3v) is 3.33. The lowest BCUT2D eigenvalue weighted by Crippen LogP contribution is -2.27. The molecular formula is C16H18ClN3O4. The molecular weight excluding hydrogens is 334 g/mol. The normalized spacial score (nSPS) is 11.2. The molecule has 1 aromatic heterocycles. The molecule has 0 unspecified atom stereocenters. The maximum Gasteiger partial charge on any atom is 0.412 e. The number of nitrogens with zero attached hydrogens (tertiary/aromatic N) is 2. The van der Waals surface area contributed by atoms with E-state index in [-0.39, 0.29) is 5.69 Å². The summed E-state index contributed by atoms with van der Waals surface area (Å²) in [5, 5.41) is 15.9. The summed E-state index contributed by atoms with van der Waals surface area (Å²) in [7, 11) is 1.64. The lowest BCUT2D eigenvalue weighted by atomic mass is 10.1. The van der Waals surface area contributed by atoms with Gasteiger partial charge in [0.1, 0.15) is 5.60 Å². The predicted molar refractivity (Wildman–Crippen MR) is 90.5 cm³/mol. The third-order valence-electron chi connectivity index (χ3n) is 3.00. The van der Waals surface area contributed by atoms with Crippen molar-refractivity contribution in [1.82, 2.24) is 9.78 Å². The highest BCUT2D eigenvalue weighted by Gasteiger charge is 2.18. The highest BCUT2D eigenvalue weighted by atomic mass is 35.5. The maximum absolute atomic E-state index is 11.9. The number of rotatable bonds is 3. The van der Waals surface area contributed by atoms with E-state index in [1.807, 2.05) is 0 Å². The predicted octanol–water partition coefficient (Wildman–Crippen LogP) is 3.79. The van der Waals surface area contributed by atoms with Gasteiger partial charge < -0.3 is 9.84 Å². The molecule has 24 heavy (non-hydrogen) atoms. The van der Waals surface area contributed by atoms with E-state index in [2.05, 4.69) is 10.4 Å². The number of carboxylic acids is 1. The summed E-state index contributed by atoms with van der Waals surface area (Å²) in [5.74, 6) is -1.11. The molecule has 0 saturated heterocycles. The second-order valence-electron chi connectivity index (χ2n) is 6.17. The lowest BCUT2D eigenvalue weighted by molar-refractivity contribution is 0.0634. The second kappa shape index (κ2) is 6.52. The van der Waals surface area contributed by atoms with Gasteiger partial charge in [-0.15, -0.1) is 0 Å². The van der Waals surface area contributed by atoms with Crippen molar-refractivity contribution in [2.24, 2.45) is 7.05 Å². The summed E-state index contributed by atoms with van der Waals surface area (Å²) in [6.45, 7) is 5.27. The highest BCUT2D eigenvalue weighted by Crippen LogP contribution is 2.29. The van der Waals surface area contributed by atoms with Crippen LogP contribution in [0.15, 0.2) is 24.3 Å². The molecule has 0 saturated carbocycles. The number of aromatic nitrogens is 2. The molecule has 7 nitrogen and oxygen atoms in total. The van der Waals surface area contributed by atoms with Crippen LogP contribution in [0.4, 0.5) is 10.5 Å². The molecule has 0 bridgehead atoms. The SMILES string of the molecule is Cn1nc(C(=O)O)cc1-c1ccc(Cl)c(NC(=O)OC(C)(C)C)c1. The maximum atomic E-state index is 11.9. The molecule has 0 radical (unpaired) electrons. The average molecular weight is 352 g/mol. The van der Waals surface area contributed by atoms with Gasteiger partial charge in [-0.3, -0.25) is 10.00 Å². The van der Waals surface area contributed by atoms with Crippen LogP contribution in [0.2, 0.25) is 5.02 Å². The number of ether oxygens (including phenoxy) is 1. The molecule has 1 amide bonds. The van der Waals surface area contributed by atoms with E-state index >= 15 is 0 Å². The minimum absolute atomic E-state index is 0.0656. The zero-order valence-electron chi connectivity index (χ0n) is 13.8. The Balaban J connectivity index is 2.32. The molecule has 2 aromatic rings. The zero-order valence-corrected chi connectivity index (χ0v) is 14.5. The van der Waals surface area contributed by atoms with E-state index in [4.69, 9.17) is 21.4 Å². The fourth-order valence-electron chi connectivity index (χ4n) is 2.04. The Morgan fingerprint density at radius 3 is 2.50 bits per heavy atom. The largest absolute Gasteiger partial charge is 0.476 e. The Morgan fingerprint density at radius 2 is 1.96 bits per heavy atom. The number of hydrogen-bond donors (Lipinski definition) is 2. The highest BCUT2D eigenvalue weighted by molar-refractivity contribution is 6.33. The summed E-state index contributed by atoms with van der Waals surface area (Å²) < 4.78 is 6.65. The molecule has 0 aliphatic rings. The van der Waals surface area contributed by atoms with Gasteiger partial charge in [-0.1, -0.05) is 17.7 Å². The fraction of sp³-hybridized carbons (Fsp3) is 0.312. The van der Waals surface area contributed by atoms with E-state index in [0.29, 0.717) is 22.0 Å². The molecule has 2 N–H and O–H groups in total. The van der Waals surface area contributed by atoms with Crippen LogP contribution in [0, 0.1) is 0 Å². The van der Waals surface area contributed by atoms with Gasteiger partial charge in [0, 0.05) is 12.6 Å². The fourth-order valence-corrected chi connectivity index (χ4v) is 2.20. The van der Waals surface area contributed by atoms with Crippen LogP contribution in [0.25, 0.3) is 11.3 Å². The first-order valence-electron chi connectivity index (χ1n) is 7.14. The van der Waals surface area contributed by atoms with Gasteiger partial charge in [0.25, 0.3) is 0 Å². The Bertz CT molecular complexity index is 793.